The minimum absolute atomic E-state index is 0.0283. The number of aliphatic hydroxyl groups excluding tert-OH is 1. The molecule has 0 bridgehead atoms. The largest absolute Gasteiger partial charge is 0.392 e. The molecule has 1 aromatic carbocycles. The predicted octanol–water partition coefficient (Wildman–Crippen LogP) is 1.48. The van der Waals surface area contributed by atoms with Crippen molar-refractivity contribution in [2.75, 3.05) is 6.54 Å². The summed E-state index contributed by atoms with van der Waals surface area (Å²) in [6.07, 6.45) is 2.90. The van der Waals surface area contributed by atoms with Crippen LogP contribution in [0.2, 0.25) is 0 Å². The Morgan fingerprint density at radius 1 is 1.05 bits per heavy atom. The fourth-order valence-electron chi connectivity index (χ4n) is 1.88. The van der Waals surface area contributed by atoms with E-state index in [9.17, 15) is 8.42 Å². The Hall–Kier alpha value is -1.76. The first-order chi connectivity index (χ1) is 10.1. The second-order valence-electron chi connectivity index (χ2n) is 4.65. The van der Waals surface area contributed by atoms with Gasteiger partial charge in [-0.2, -0.15) is 0 Å². The van der Waals surface area contributed by atoms with Crippen LogP contribution in [0.15, 0.2) is 53.7 Å². The number of aliphatic hydroxyl groups is 1. The summed E-state index contributed by atoms with van der Waals surface area (Å²) in [4.78, 5) is 3.85. The number of aromatic nitrogens is 1. The van der Waals surface area contributed by atoms with Crippen molar-refractivity contribution < 1.29 is 13.5 Å². The highest BCUT2D eigenvalue weighted by Gasteiger charge is 2.14. The van der Waals surface area contributed by atoms with E-state index in [1.54, 1.807) is 6.07 Å². The number of benzene rings is 1. The topological polar surface area (TPSA) is 79.3 Å². The van der Waals surface area contributed by atoms with Gasteiger partial charge in [0.05, 0.1) is 6.61 Å². The molecule has 0 aliphatic heterocycles. The van der Waals surface area contributed by atoms with E-state index in [4.69, 9.17) is 5.11 Å². The number of rotatable bonds is 7. The van der Waals surface area contributed by atoms with Crippen molar-refractivity contribution >= 4 is 10.0 Å². The number of hydrogen-bond acceptors (Lipinski definition) is 4. The van der Waals surface area contributed by atoms with Crippen LogP contribution in [0.5, 0.6) is 0 Å². The van der Waals surface area contributed by atoms with Gasteiger partial charge in [0.25, 0.3) is 10.0 Å². The van der Waals surface area contributed by atoms with E-state index >= 15 is 0 Å². The Bertz CT molecular complexity index is 655. The molecule has 2 rings (SSSR count). The van der Waals surface area contributed by atoms with Crippen molar-refractivity contribution in [2.24, 2.45) is 0 Å². The summed E-state index contributed by atoms with van der Waals surface area (Å²) in [7, 11) is -3.58. The standard InChI is InChI=1S/C15H18N2O3S/c18-12-14-8-9-15(16-11-14)21(19,20)17-10-4-7-13-5-2-1-3-6-13/h1-3,5-6,8-9,11,17-18H,4,7,10,12H2. The molecule has 0 saturated heterocycles. The van der Waals surface area contributed by atoms with E-state index in [2.05, 4.69) is 9.71 Å². The molecule has 21 heavy (non-hydrogen) atoms. The maximum atomic E-state index is 12.0. The van der Waals surface area contributed by atoms with Crippen LogP contribution in [-0.4, -0.2) is 25.1 Å². The average molecular weight is 306 g/mol. The van der Waals surface area contributed by atoms with Gasteiger partial charge in [0.1, 0.15) is 0 Å². The average Bonchev–Trinajstić information content (AvgIpc) is 2.53. The van der Waals surface area contributed by atoms with Crippen molar-refractivity contribution in [3.63, 3.8) is 0 Å². The molecule has 0 saturated carbocycles. The maximum absolute atomic E-state index is 12.0. The number of aryl methyl sites for hydroxylation is 1. The molecule has 2 N–H and O–H groups in total. The summed E-state index contributed by atoms with van der Waals surface area (Å²) >= 11 is 0. The third-order valence-electron chi connectivity index (χ3n) is 3.03. The Kier molecular flexibility index (Phi) is 5.44. The monoisotopic (exact) mass is 306 g/mol. The Balaban J connectivity index is 1.86. The number of pyridine rings is 1. The molecular weight excluding hydrogens is 288 g/mol. The highest BCUT2D eigenvalue weighted by Crippen LogP contribution is 2.07. The lowest BCUT2D eigenvalue weighted by atomic mass is 10.1. The molecule has 0 aliphatic rings. The van der Waals surface area contributed by atoms with Gasteiger partial charge in [-0.1, -0.05) is 36.4 Å². The third kappa shape index (κ3) is 4.63. The first-order valence-corrected chi connectivity index (χ1v) is 8.19. The minimum Gasteiger partial charge on any atom is -0.392 e. The van der Waals surface area contributed by atoms with Gasteiger partial charge in [0.2, 0.25) is 0 Å². The predicted molar refractivity (Wildman–Crippen MR) is 80.1 cm³/mol. The van der Waals surface area contributed by atoms with E-state index in [1.165, 1.54) is 17.8 Å². The zero-order chi connectivity index (χ0) is 15.1. The molecular formula is C15H18N2O3S. The molecule has 112 valence electrons. The lowest BCUT2D eigenvalue weighted by molar-refractivity contribution is 0.281. The molecule has 5 nitrogen and oxygen atoms in total. The van der Waals surface area contributed by atoms with Gasteiger partial charge < -0.3 is 5.11 Å². The van der Waals surface area contributed by atoms with Crippen LogP contribution in [-0.2, 0) is 23.1 Å². The minimum atomic E-state index is -3.58. The highest BCUT2D eigenvalue weighted by atomic mass is 32.2. The maximum Gasteiger partial charge on any atom is 0.258 e. The number of nitrogens with zero attached hydrogens (tertiary/aromatic N) is 1. The fraction of sp³-hybridized carbons (Fsp3) is 0.267. The van der Waals surface area contributed by atoms with E-state index in [0.29, 0.717) is 12.1 Å². The van der Waals surface area contributed by atoms with E-state index < -0.39 is 10.0 Å². The van der Waals surface area contributed by atoms with Crippen molar-refractivity contribution in [2.45, 2.75) is 24.5 Å². The number of nitrogens with one attached hydrogen (secondary N) is 1. The normalized spacial score (nSPS) is 11.5. The Morgan fingerprint density at radius 3 is 2.43 bits per heavy atom. The highest BCUT2D eigenvalue weighted by molar-refractivity contribution is 7.89. The molecule has 0 aliphatic carbocycles. The summed E-state index contributed by atoms with van der Waals surface area (Å²) in [6, 6.07) is 12.9. The fourth-order valence-corrected chi connectivity index (χ4v) is 2.88. The zero-order valence-corrected chi connectivity index (χ0v) is 12.4. The molecule has 0 unspecified atom stereocenters. The molecule has 0 fully saturated rings. The Labute approximate surface area is 124 Å². The van der Waals surface area contributed by atoms with Crippen molar-refractivity contribution in [3.8, 4) is 0 Å². The molecule has 0 amide bonds. The van der Waals surface area contributed by atoms with Crippen LogP contribution in [0.1, 0.15) is 17.5 Å². The molecule has 0 radical (unpaired) electrons. The van der Waals surface area contributed by atoms with Crippen LogP contribution in [0.3, 0.4) is 0 Å². The van der Waals surface area contributed by atoms with Crippen molar-refractivity contribution in [1.29, 1.82) is 0 Å². The SMILES string of the molecule is O=S(=O)(NCCCc1ccccc1)c1ccc(CO)cn1. The number of hydrogen-bond donors (Lipinski definition) is 2. The third-order valence-corrected chi connectivity index (χ3v) is 4.41. The number of sulfonamides is 1. The second kappa shape index (κ2) is 7.31. The summed E-state index contributed by atoms with van der Waals surface area (Å²) in [5.41, 5.74) is 1.76. The van der Waals surface area contributed by atoms with E-state index in [1.807, 2.05) is 30.3 Å². The summed E-state index contributed by atoms with van der Waals surface area (Å²) < 4.78 is 26.5. The Morgan fingerprint density at radius 2 is 1.81 bits per heavy atom. The van der Waals surface area contributed by atoms with Crippen LogP contribution in [0.4, 0.5) is 0 Å². The summed E-state index contributed by atoms with van der Waals surface area (Å²) in [5, 5.41) is 8.88. The van der Waals surface area contributed by atoms with Gasteiger partial charge in [-0.25, -0.2) is 18.1 Å². The first kappa shape index (κ1) is 15.6. The smallest absolute Gasteiger partial charge is 0.258 e. The molecule has 1 aromatic heterocycles. The second-order valence-corrected chi connectivity index (χ2v) is 6.36. The zero-order valence-electron chi connectivity index (χ0n) is 11.6. The quantitative estimate of drug-likeness (QED) is 0.760. The van der Waals surface area contributed by atoms with Crippen LogP contribution in [0, 0.1) is 0 Å². The lowest BCUT2D eigenvalue weighted by Gasteiger charge is -2.06. The summed E-state index contributed by atoms with van der Waals surface area (Å²) in [5.74, 6) is 0. The van der Waals surface area contributed by atoms with Gasteiger partial charge >= 0.3 is 0 Å². The van der Waals surface area contributed by atoms with Crippen LogP contribution in [0.25, 0.3) is 0 Å². The van der Waals surface area contributed by atoms with Gasteiger partial charge in [0, 0.05) is 12.7 Å². The van der Waals surface area contributed by atoms with E-state index in [-0.39, 0.29) is 11.6 Å². The van der Waals surface area contributed by atoms with Crippen LogP contribution >= 0.6 is 0 Å². The molecule has 6 heteroatoms. The molecule has 2 aromatic rings. The van der Waals surface area contributed by atoms with Crippen LogP contribution < -0.4 is 4.72 Å². The summed E-state index contributed by atoms with van der Waals surface area (Å²) in [6.45, 7) is 0.207. The van der Waals surface area contributed by atoms with E-state index in [0.717, 1.165) is 12.8 Å². The molecule has 0 atom stereocenters. The van der Waals surface area contributed by atoms with Gasteiger partial charge in [0.15, 0.2) is 5.03 Å². The molecule has 0 spiro atoms. The molecule has 1 heterocycles. The first-order valence-electron chi connectivity index (χ1n) is 6.71. The van der Waals surface area contributed by atoms with Gasteiger partial charge in [-0.15, -0.1) is 0 Å². The van der Waals surface area contributed by atoms with Crippen molar-refractivity contribution in [3.05, 3.63) is 59.8 Å². The lowest BCUT2D eigenvalue weighted by Crippen LogP contribution is -2.26. The van der Waals surface area contributed by atoms with Gasteiger partial charge in [-0.05, 0) is 30.0 Å². The van der Waals surface area contributed by atoms with Crippen molar-refractivity contribution in [1.82, 2.24) is 9.71 Å². The van der Waals surface area contributed by atoms with Gasteiger partial charge in [-0.3, -0.25) is 0 Å².